The van der Waals surface area contributed by atoms with Crippen LogP contribution >= 0.6 is 0 Å². The van der Waals surface area contributed by atoms with Crippen LogP contribution in [0.25, 0.3) is 0 Å². The van der Waals surface area contributed by atoms with Gasteiger partial charge in [0.05, 0.1) is 0 Å². The molecule has 0 spiro atoms. The minimum atomic E-state index is 0. The van der Waals surface area contributed by atoms with Gasteiger partial charge in [-0.15, -0.1) is 0 Å². The molecule has 0 aromatic heterocycles. The van der Waals surface area contributed by atoms with E-state index >= 15 is 0 Å². The molecule has 0 aliphatic heterocycles. The van der Waals surface area contributed by atoms with Gasteiger partial charge in [-0.25, -0.2) is 0 Å². The maximum atomic E-state index is 3.76. The van der Waals surface area contributed by atoms with Crippen molar-refractivity contribution < 1.29 is 40.7 Å². The fourth-order valence-electron chi connectivity index (χ4n) is 0.192. The standard InChI is InChI=1S/2C4H5N.2C2H6.2W.H2/c2*1-2-3-4-5;2*1-2;;;/h2*2-4H,1H2;2*1-2H3;;;1H/i;;;;;;1+1. The van der Waals surface area contributed by atoms with Gasteiger partial charge in [0.15, 0.2) is 0 Å². The summed E-state index contributed by atoms with van der Waals surface area (Å²) < 4.78 is 7.51. The van der Waals surface area contributed by atoms with Crippen LogP contribution in [0.2, 0.25) is 0 Å². The van der Waals surface area contributed by atoms with Gasteiger partial charge in [0, 0.05) is 1.43 Å². The molecule has 0 rings (SSSR count). The molecule has 0 amide bonds. The van der Waals surface area contributed by atoms with Crippen molar-refractivity contribution in [3.8, 4) is 0 Å². The number of rotatable bonds is 4. The second-order valence-electron chi connectivity index (χ2n) is 1.37. The molecule has 0 saturated heterocycles. The number of allylic oxidation sites excluding steroid dienone is 2. The van der Waals surface area contributed by atoms with Gasteiger partial charge < -0.3 is 0 Å². The van der Waals surface area contributed by atoms with E-state index in [0.717, 1.165) is 0 Å². The van der Waals surface area contributed by atoms with Crippen molar-refractivity contribution in [2.45, 2.75) is 27.7 Å². The predicted molar refractivity (Wildman–Crippen MR) is 67.3 cm³/mol. The molecule has 94 valence electrons. The number of hydrogen-bond donors (Lipinski definition) is 0. The Morgan fingerprint density at radius 3 is 1.19 bits per heavy atom. The van der Waals surface area contributed by atoms with Gasteiger partial charge in [-0.05, 0) is 0 Å². The van der Waals surface area contributed by atoms with Crippen molar-refractivity contribution in [1.29, 1.82) is 0 Å². The number of hydrogen-bond acceptors (Lipinski definition) is 2. The third-order valence-corrected chi connectivity index (χ3v) is 1.44. The van der Waals surface area contributed by atoms with Crippen LogP contribution in [0.4, 0.5) is 0 Å². The molecule has 4 heteroatoms. The Kier molecular flexibility index (Phi) is 71.6. The van der Waals surface area contributed by atoms with E-state index in [0.29, 0.717) is 0 Å². The zero-order valence-corrected chi connectivity index (χ0v) is 16.5. The van der Waals surface area contributed by atoms with E-state index in [4.69, 9.17) is 0 Å². The van der Waals surface area contributed by atoms with Gasteiger partial charge in [-0.1, -0.05) is 27.7 Å². The van der Waals surface area contributed by atoms with Crippen molar-refractivity contribution in [1.82, 2.24) is 0 Å². The average molecular weight is 565 g/mol. The monoisotopic (exact) mass is 565 g/mol. The molecule has 0 heterocycles. The molecular weight excluding hydrogens is 540 g/mol. The average Bonchev–Trinajstić information content (AvgIpc) is 2.39. The molecule has 0 bridgehead atoms. The molecule has 0 unspecified atom stereocenters. The second kappa shape index (κ2) is 45.6. The summed E-state index contributed by atoms with van der Waals surface area (Å²) in [5.41, 5.74) is 0. The molecule has 0 N–H and O–H groups in total. The van der Waals surface area contributed by atoms with E-state index in [1.54, 1.807) is 37.4 Å². The number of nitrogens with zero attached hydrogens (tertiary/aromatic N) is 2. The first-order valence-electron chi connectivity index (χ1n) is 5.03. The van der Waals surface area contributed by atoms with Crippen molar-refractivity contribution in [3.05, 3.63) is 51.2 Å². The van der Waals surface area contributed by atoms with Gasteiger partial charge in [0.2, 0.25) is 0 Å². The molecule has 0 aromatic carbocycles. The van der Waals surface area contributed by atoms with Gasteiger partial charge in [-0.3, -0.25) is 0 Å². The molecule has 0 saturated carbocycles. The van der Waals surface area contributed by atoms with E-state index in [2.05, 4.69) is 20.8 Å². The fourth-order valence-corrected chi connectivity index (χ4v) is 0.697. The zero-order chi connectivity index (χ0) is 13.7. The Hall–Kier alpha value is 0.197. The first-order valence-corrected chi connectivity index (χ1v) is 7.66. The van der Waals surface area contributed by atoms with Crippen molar-refractivity contribution in [3.63, 3.8) is 0 Å². The molecule has 0 aliphatic carbocycles. The first kappa shape index (κ1) is 25.1. The van der Waals surface area contributed by atoms with E-state index in [1.165, 1.54) is 39.3 Å². The topological polar surface area (TPSA) is 24.7 Å². The van der Waals surface area contributed by atoms with Crippen molar-refractivity contribution >= 4 is 0 Å². The van der Waals surface area contributed by atoms with Gasteiger partial charge >= 0.3 is 97.5 Å². The van der Waals surface area contributed by atoms with E-state index in [9.17, 15) is 0 Å². The van der Waals surface area contributed by atoms with Crippen molar-refractivity contribution in [2.75, 3.05) is 0 Å². The fraction of sp³-hybridized carbons (Fsp3) is 0.333. The summed E-state index contributed by atoms with van der Waals surface area (Å²) in [6, 6.07) is 0. The summed E-state index contributed by atoms with van der Waals surface area (Å²) in [6.07, 6.45) is 10.4. The van der Waals surface area contributed by atoms with Crippen molar-refractivity contribution in [2.24, 2.45) is 6.99 Å². The summed E-state index contributed by atoms with van der Waals surface area (Å²) >= 11 is 2.45. The molecule has 0 fully saturated rings. The zero-order valence-electron chi connectivity index (χ0n) is 10.6. The minimum absolute atomic E-state index is 0. The SMILES string of the molecule is CC.CC.[2HH].[CH2-][CH+]C=C[N]=[W].[CH2-][CH+]C=C[N]=[W]. The summed E-state index contributed by atoms with van der Waals surface area (Å²) in [5.74, 6) is 0. The van der Waals surface area contributed by atoms with Crippen LogP contribution in [-0.4, -0.2) is 0 Å². The van der Waals surface area contributed by atoms with Crippen LogP contribution in [0.3, 0.4) is 0 Å². The van der Waals surface area contributed by atoms with Gasteiger partial charge in [0.1, 0.15) is 0 Å². The molecule has 0 atom stereocenters. The molecule has 2 nitrogen and oxygen atoms in total. The Balaban J connectivity index is -0.0000000417. The molecular formula is C12H24N2W2. The Labute approximate surface area is 126 Å². The van der Waals surface area contributed by atoms with Crippen LogP contribution in [0, 0.1) is 26.7 Å². The summed E-state index contributed by atoms with van der Waals surface area (Å²) in [7, 11) is 0. The molecule has 0 radical (unpaired) electrons. The van der Waals surface area contributed by atoms with E-state index in [1.807, 2.05) is 27.7 Å². The third-order valence-electron chi connectivity index (χ3n) is 0.566. The Morgan fingerprint density at radius 2 is 1.12 bits per heavy atom. The Morgan fingerprint density at radius 1 is 0.875 bits per heavy atom. The molecule has 0 aliphatic rings. The summed E-state index contributed by atoms with van der Waals surface area (Å²) in [5, 5.41) is 0. The quantitative estimate of drug-likeness (QED) is 0.437. The Bertz CT molecular complexity index is 143. The first-order chi connectivity index (χ1) is 7.83. The van der Waals surface area contributed by atoms with Crippen LogP contribution in [0.1, 0.15) is 29.1 Å². The van der Waals surface area contributed by atoms with Crippen LogP contribution in [-0.2, 0) is 39.3 Å². The molecule has 16 heavy (non-hydrogen) atoms. The molecule has 0 aromatic rings. The van der Waals surface area contributed by atoms with Gasteiger partial charge in [0.25, 0.3) is 0 Å². The van der Waals surface area contributed by atoms with Crippen LogP contribution < -0.4 is 0 Å². The predicted octanol–water partition coefficient (Wildman–Crippen LogP) is 4.84. The van der Waals surface area contributed by atoms with Gasteiger partial charge in [-0.2, -0.15) is 0 Å². The van der Waals surface area contributed by atoms with Crippen LogP contribution in [0.5, 0.6) is 0 Å². The normalized spacial score (nSPS) is 7.38. The maximum absolute atomic E-state index is 3.76. The summed E-state index contributed by atoms with van der Waals surface area (Å²) in [4.78, 5) is 0. The van der Waals surface area contributed by atoms with Crippen LogP contribution in [0.15, 0.2) is 31.5 Å². The van der Waals surface area contributed by atoms with E-state index in [-0.39, 0.29) is 1.43 Å². The third kappa shape index (κ3) is 64.4. The summed E-state index contributed by atoms with van der Waals surface area (Å²) in [6.45, 7) is 14.9. The van der Waals surface area contributed by atoms with E-state index < -0.39 is 0 Å². The second-order valence-corrected chi connectivity index (χ2v) is 2.88.